The lowest BCUT2D eigenvalue weighted by atomic mass is 10.0. The van der Waals surface area contributed by atoms with Gasteiger partial charge < -0.3 is 15.1 Å². The zero-order valence-corrected chi connectivity index (χ0v) is 19.3. The van der Waals surface area contributed by atoms with Crippen molar-refractivity contribution in [2.75, 3.05) is 50.0 Å². The lowest BCUT2D eigenvalue weighted by Gasteiger charge is -2.31. The fraction of sp³-hybridized carbons (Fsp3) is 0.560. The molecule has 3 aliphatic heterocycles. The number of likely N-dealkylation sites (tertiary alicyclic amines) is 1. The van der Waals surface area contributed by atoms with Gasteiger partial charge >= 0.3 is 0 Å². The zero-order valence-electron chi connectivity index (χ0n) is 19.3. The normalized spacial score (nSPS) is 21.1. The van der Waals surface area contributed by atoms with E-state index >= 15 is 0 Å². The summed E-state index contributed by atoms with van der Waals surface area (Å²) in [5, 5.41) is 3.33. The largest absolute Gasteiger partial charge is 0.373 e. The summed E-state index contributed by atoms with van der Waals surface area (Å²) < 4.78 is 0. The number of hydrogen-bond acceptors (Lipinski definition) is 6. The topological polar surface area (TPSA) is 64.6 Å². The van der Waals surface area contributed by atoms with Crippen LogP contribution in [0.2, 0.25) is 0 Å². The molecule has 0 saturated carbocycles. The summed E-state index contributed by atoms with van der Waals surface area (Å²) in [6.45, 7) is 8.34. The molecule has 0 bridgehead atoms. The molecule has 7 heteroatoms. The summed E-state index contributed by atoms with van der Waals surface area (Å²) in [6, 6.07) is 8.88. The van der Waals surface area contributed by atoms with Gasteiger partial charge in [0, 0.05) is 83.4 Å². The smallest absolute Gasteiger partial charge is 0.219 e. The highest BCUT2D eigenvalue weighted by molar-refractivity contribution is 5.73. The van der Waals surface area contributed by atoms with E-state index in [0.29, 0.717) is 0 Å². The van der Waals surface area contributed by atoms with Gasteiger partial charge in [-0.15, -0.1) is 0 Å². The Morgan fingerprint density at radius 2 is 1.94 bits per heavy atom. The number of fused-ring (bicyclic) bond motifs is 1. The minimum Gasteiger partial charge on any atom is -0.373 e. The number of para-hydroxylation sites is 1. The van der Waals surface area contributed by atoms with Crippen molar-refractivity contribution in [3.63, 3.8) is 0 Å². The molecule has 1 unspecified atom stereocenters. The zero-order chi connectivity index (χ0) is 22.1. The predicted octanol–water partition coefficient (Wildman–Crippen LogP) is 3.01. The van der Waals surface area contributed by atoms with E-state index in [9.17, 15) is 4.79 Å². The second-order valence-electron chi connectivity index (χ2n) is 9.34. The molecule has 7 nitrogen and oxygen atoms in total. The number of amides is 1. The molecule has 1 atom stereocenters. The minimum atomic E-state index is 0.143. The predicted molar refractivity (Wildman–Crippen MR) is 127 cm³/mol. The van der Waals surface area contributed by atoms with Crippen molar-refractivity contribution in [1.29, 1.82) is 0 Å². The molecule has 170 valence electrons. The second-order valence-corrected chi connectivity index (χ2v) is 9.34. The first kappa shape index (κ1) is 21.2. The average Bonchev–Trinajstić information content (AvgIpc) is 3.51. The molecule has 5 rings (SSSR count). The molecule has 4 heterocycles. The monoisotopic (exact) mass is 434 g/mol. The highest BCUT2D eigenvalue weighted by atomic mass is 16.2. The number of hydrogen-bond donors (Lipinski definition) is 1. The van der Waals surface area contributed by atoms with Crippen LogP contribution in [0.1, 0.15) is 54.7 Å². The third-order valence-electron chi connectivity index (χ3n) is 7.22. The highest BCUT2D eigenvalue weighted by Gasteiger charge is 2.30. The van der Waals surface area contributed by atoms with Crippen molar-refractivity contribution >= 4 is 17.4 Å². The maximum Gasteiger partial charge on any atom is 0.219 e. The van der Waals surface area contributed by atoms with Gasteiger partial charge in [0.1, 0.15) is 11.6 Å². The third-order valence-corrected chi connectivity index (χ3v) is 7.22. The van der Waals surface area contributed by atoms with Gasteiger partial charge in [-0.2, -0.15) is 0 Å². The second kappa shape index (κ2) is 9.06. The Morgan fingerprint density at radius 1 is 1.12 bits per heavy atom. The van der Waals surface area contributed by atoms with Gasteiger partial charge in [0.15, 0.2) is 0 Å². The Bertz CT molecular complexity index is 969. The number of carbonyl (C=O) groups excluding carboxylic acids is 1. The van der Waals surface area contributed by atoms with Crippen LogP contribution in [0.3, 0.4) is 0 Å². The molecule has 2 fully saturated rings. The number of nitrogens with zero attached hydrogens (tertiary/aromatic N) is 5. The van der Waals surface area contributed by atoms with Crippen LogP contribution < -0.4 is 10.2 Å². The van der Waals surface area contributed by atoms with E-state index < -0.39 is 0 Å². The van der Waals surface area contributed by atoms with Crippen LogP contribution in [-0.2, 0) is 24.3 Å². The van der Waals surface area contributed by atoms with Crippen molar-refractivity contribution in [2.24, 2.45) is 0 Å². The molecule has 3 aliphatic rings. The molecule has 0 aliphatic carbocycles. The fourth-order valence-corrected chi connectivity index (χ4v) is 5.42. The number of anilines is 2. The van der Waals surface area contributed by atoms with Crippen LogP contribution >= 0.6 is 0 Å². The number of rotatable bonds is 5. The molecular formula is C25H34N6O. The molecule has 2 aromatic rings. The van der Waals surface area contributed by atoms with Gasteiger partial charge in [0.2, 0.25) is 5.91 Å². The Balaban J connectivity index is 1.34. The Kier molecular flexibility index (Phi) is 6.00. The summed E-state index contributed by atoms with van der Waals surface area (Å²) in [4.78, 5) is 28.6. The van der Waals surface area contributed by atoms with E-state index in [1.54, 1.807) is 6.92 Å². The molecule has 0 spiro atoms. The van der Waals surface area contributed by atoms with Gasteiger partial charge in [-0.1, -0.05) is 18.2 Å². The van der Waals surface area contributed by atoms with E-state index in [4.69, 9.17) is 9.97 Å². The molecule has 1 aromatic heterocycles. The SMILES string of the molecule is CNc1nc(C2CCN(C(C)=O)C2)nc2c1CN(Cc1ccccc1N1CCCC1)CC2. The van der Waals surface area contributed by atoms with Gasteiger partial charge in [-0.05, 0) is 30.9 Å². The van der Waals surface area contributed by atoms with E-state index in [0.717, 1.165) is 57.2 Å². The van der Waals surface area contributed by atoms with Crippen molar-refractivity contribution in [2.45, 2.75) is 51.6 Å². The van der Waals surface area contributed by atoms with E-state index in [2.05, 4.69) is 39.4 Å². The lowest BCUT2D eigenvalue weighted by Crippen LogP contribution is -2.33. The molecular weight excluding hydrogens is 400 g/mol. The third kappa shape index (κ3) is 4.18. The standard InChI is InChI=1S/C25H34N6O/c1-18(32)31-14-9-20(16-31)24-27-22-10-13-29(17-21(22)25(26-2)28-24)15-19-7-3-4-8-23(19)30-11-5-6-12-30/h3-4,7-8,20H,5-6,9-17H2,1-2H3,(H,26,27,28). The number of benzene rings is 1. The van der Waals surface area contributed by atoms with Crippen molar-refractivity contribution in [1.82, 2.24) is 19.8 Å². The molecule has 0 radical (unpaired) electrons. The average molecular weight is 435 g/mol. The van der Waals surface area contributed by atoms with Gasteiger partial charge in [-0.3, -0.25) is 9.69 Å². The molecule has 32 heavy (non-hydrogen) atoms. The van der Waals surface area contributed by atoms with Crippen LogP contribution in [0.25, 0.3) is 0 Å². The minimum absolute atomic E-state index is 0.143. The van der Waals surface area contributed by atoms with Crippen LogP contribution in [0.4, 0.5) is 11.5 Å². The van der Waals surface area contributed by atoms with Gasteiger partial charge in [0.25, 0.3) is 0 Å². The van der Waals surface area contributed by atoms with Gasteiger partial charge in [-0.25, -0.2) is 9.97 Å². The van der Waals surface area contributed by atoms with E-state index in [-0.39, 0.29) is 11.8 Å². The maximum absolute atomic E-state index is 11.7. The first-order chi connectivity index (χ1) is 15.6. The summed E-state index contributed by atoms with van der Waals surface area (Å²) in [5.74, 6) is 2.22. The lowest BCUT2D eigenvalue weighted by molar-refractivity contribution is -0.127. The summed E-state index contributed by atoms with van der Waals surface area (Å²) in [7, 11) is 1.95. The summed E-state index contributed by atoms with van der Waals surface area (Å²) >= 11 is 0. The summed E-state index contributed by atoms with van der Waals surface area (Å²) in [6.07, 6.45) is 4.47. The molecule has 1 aromatic carbocycles. The van der Waals surface area contributed by atoms with Crippen molar-refractivity contribution < 1.29 is 4.79 Å². The first-order valence-corrected chi connectivity index (χ1v) is 12.0. The number of nitrogens with one attached hydrogen (secondary N) is 1. The number of aromatic nitrogens is 2. The van der Waals surface area contributed by atoms with Crippen molar-refractivity contribution in [3.8, 4) is 0 Å². The Morgan fingerprint density at radius 3 is 2.69 bits per heavy atom. The van der Waals surface area contributed by atoms with E-state index in [1.165, 1.54) is 48.4 Å². The Hall–Kier alpha value is -2.67. The van der Waals surface area contributed by atoms with Crippen molar-refractivity contribution in [3.05, 3.63) is 46.9 Å². The number of carbonyl (C=O) groups is 1. The molecule has 1 N–H and O–H groups in total. The Labute approximate surface area is 190 Å². The van der Waals surface area contributed by atoms with E-state index in [1.807, 2.05) is 11.9 Å². The molecule has 2 saturated heterocycles. The van der Waals surface area contributed by atoms with Crippen LogP contribution in [0.5, 0.6) is 0 Å². The van der Waals surface area contributed by atoms with Crippen LogP contribution in [0.15, 0.2) is 24.3 Å². The summed E-state index contributed by atoms with van der Waals surface area (Å²) in [5.41, 5.74) is 5.21. The van der Waals surface area contributed by atoms with Crippen LogP contribution in [0, 0.1) is 0 Å². The molecule has 1 amide bonds. The maximum atomic E-state index is 11.7. The fourth-order valence-electron chi connectivity index (χ4n) is 5.42. The quantitative estimate of drug-likeness (QED) is 0.781. The highest BCUT2D eigenvalue weighted by Crippen LogP contribution is 2.32. The first-order valence-electron chi connectivity index (χ1n) is 12.0. The van der Waals surface area contributed by atoms with Gasteiger partial charge in [0.05, 0.1) is 5.69 Å². The van der Waals surface area contributed by atoms with Crippen LogP contribution in [-0.4, -0.2) is 65.4 Å².